The van der Waals surface area contributed by atoms with Gasteiger partial charge in [-0.3, -0.25) is 4.90 Å². The fourth-order valence-corrected chi connectivity index (χ4v) is 3.13. The summed E-state index contributed by atoms with van der Waals surface area (Å²) in [4.78, 5) is 2.54. The quantitative estimate of drug-likeness (QED) is 0.880. The molecule has 106 valence electrons. The van der Waals surface area contributed by atoms with E-state index in [1.165, 1.54) is 43.4 Å². The zero-order valence-electron chi connectivity index (χ0n) is 12.4. The van der Waals surface area contributed by atoms with Gasteiger partial charge in [0.15, 0.2) is 0 Å². The lowest BCUT2D eigenvalue weighted by Gasteiger charge is -2.36. The van der Waals surface area contributed by atoms with Gasteiger partial charge in [-0.1, -0.05) is 49.6 Å². The average Bonchev–Trinajstić information content (AvgIpc) is 2.38. The van der Waals surface area contributed by atoms with E-state index in [1.807, 2.05) is 0 Å². The molecule has 1 heterocycles. The maximum absolute atomic E-state index is 6.22. The van der Waals surface area contributed by atoms with Crippen molar-refractivity contribution in [3.63, 3.8) is 0 Å². The number of benzene rings is 1. The van der Waals surface area contributed by atoms with Crippen molar-refractivity contribution in [1.82, 2.24) is 4.90 Å². The first-order valence-corrected chi connectivity index (χ1v) is 7.71. The maximum Gasteiger partial charge on any atom is 0.0234 e. The standard InChI is InChI=1S/C17H28N2/c1-3-4-5-16-10-17(18)13-19(12-16)11-15-8-6-14(2)7-9-15/h6-9,16-17H,3-5,10-13,18H2,1-2H3. The number of aryl methyl sites for hydroxylation is 1. The van der Waals surface area contributed by atoms with E-state index < -0.39 is 0 Å². The van der Waals surface area contributed by atoms with Gasteiger partial charge in [0.2, 0.25) is 0 Å². The second kappa shape index (κ2) is 7.06. The molecule has 0 aromatic heterocycles. The Kier molecular flexibility index (Phi) is 5.41. The van der Waals surface area contributed by atoms with Gasteiger partial charge in [-0.2, -0.15) is 0 Å². The van der Waals surface area contributed by atoms with Gasteiger partial charge in [0.05, 0.1) is 0 Å². The van der Waals surface area contributed by atoms with Crippen LogP contribution in [0, 0.1) is 12.8 Å². The molecule has 2 nitrogen and oxygen atoms in total. The molecule has 0 saturated carbocycles. The van der Waals surface area contributed by atoms with Crippen molar-refractivity contribution in [1.29, 1.82) is 0 Å². The van der Waals surface area contributed by atoms with E-state index in [0.717, 1.165) is 19.0 Å². The highest BCUT2D eigenvalue weighted by atomic mass is 15.1. The van der Waals surface area contributed by atoms with Gasteiger partial charge in [-0.25, -0.2) is 0 Å². The SMILES string of the molecule is CCCCC1CC(N)CN(Cc2ccc(C)cc2)C1. The van der Waals surface area contributed by atoms with Crippen LogP contribution >= 0.6 is 0 Å². The number of nitrogens with two attached hydrogens (primary N) is 1. The number of nitrogens with zero attached hydrogens (tertiary/aromatic N) is 1. The van der Waals surface area contributed by atoms with E-state index in [4.69, 9.17) is 5.73 Å². The summed E-state index contributed by atoms with van der Waals surface area (Å²) in [6.45, 7) is 7.74. The Morgan fingerprint density at radius 2 is 1.95 bits per heavy atom. The first kappa shape index (κ1) is 14.5. The Labute approximate surface area is 118 Å². The third-order valence-electron chi connectivity index (χ3n) is 4.14. The molecule has 2 N–H and O–H groups in total. The number of likely N-dealkylation sites (tertiary alicyclic amines) is 1. The summed E-state index contributed by atoms with van der Waals surface area (Å²) in [5.41, 5.74) is 8.97. The van der Waals surface area contributed by atoms with Crippen LogP contribution in [0.4, 0.5) is 0 Å². The average molecular weight is 260 g/mol. The van der Waals surface area contributed by atoms with Crippen LogP contribution in [0.3, 0.4) is 0 Å². The van der Waals surface area contributed by atoms with E-state index in [9.17, 15) is 0 Å². The van der Waals surface area contributed by atoms with Crippen molar-refractivity contribution in [2.24, 2.45) is 11.7 Å². The van der Waals surface area contributed by atoms with E-state index in [0.29, 0.717) is 6.04 Å². The molecule has 2 unspecified atom stereocenters. The highest BCUT2D eigenvalue weighted by molar-refractivity contribution is 5.21. The van der Waals surface area contributed by atoms with Gasteiger partial charge in [-0.15, -0.1) is 0 Å². The summed E-state index contributed by atoms with van der Waals surface area (Å²) in [7, 11) is 0. The van der Waals surface area contributed by atoms with Gasteiger partial charge >= 0.3 is 0 Å². The Bertz CT molecular complexity index is 371. The molecule has 2 heteroatoms. The summed E-state index contributed by atoms with van der Waals surface area (Å²) in [5.74, 6) is 0.800. The van der Waals surface area contributed by atoms with Crippen LogP contribution in [0.25, 0.3) is 0 Å². The summed E-state index contributed by atoms with van der Waals surface area (Å²) < 4.78 is 0. The number of unbranched alkanes of at least 4 members (excludes halogenated alkanes) is 1. The van der Waals surface area contributed by atoms with Crippen LogP contribution in [-0.4, -0.2) is 24.0 Å². The van der Waals surface area contributed by atoms with Gasteiger partial charge in [-0.05, 0) is 31.2 Å². The summed E-state index contributed by atoms with van der Waals surface area (Å²) >= 11 is 0. The highest BCUT2D eigenvalue weighted by Crippen LogP contribution is 2.22. The third kappa shape index (κ3) is 4.63. The lowest BCUT2D eigenvalue weighted by molar-refractivity contribution is 0.143. The molecular weight excluding hydrogens is 232 g/mol. The van der Waals surface area contributed by atoms with Gasteiger partial charge < -0.3 is 5.73 Å². The Morgan fingerprint density at radius 3 is 2.63 bits per heavy atom. The van der Waals surface area contributed by atoms with Crippen LogP contribution in [0.2, 0.25) is 0 Å². The minimum absolute atomic E-state index is 0.362. The van der Waals surface area contributed by atoms with E-state index >= 15 is 0 Å². The number of hydrogen-bond donors (Lipinski definition) is 1. The largest absolute Gasteiger partial charge is 0.327 e. The minimum atomic E-state index is 0.362. The second-order valence-electron chi connectivity index (χ2n) is 6.18. The molecule has 1 aliphatic heterocycles. The Hall–Kier alpha value is -0.860. The first-order chi connectivity index (χ1) is 9.17. The second-order valence-corrected chi connectivity index (χ2v) is 6.18. The molecule has 0 radical (unpaired) electrons. The molecule has 1 aliphatic rings. The fraction of sp³-hybridized carbons (Fsp3) is 0.647. The monoisotopic (exact) mass is 260 g/mol. The molecule has 0 aliphatic carbocycles. The van der Waals surface area contributed by atoms with Crippen molar-refractivity contribution < 1.29 is 0 Å². The summed E-state index contributed by atoms with van der Waals surface area (Å²) in [6.07, 6.45) is 5.19. The van der Waals surface area contributed by atoms with Crippen LogP contribution in [0.5, 0.6) is 0 Å². The predicted molar refractivity (Wildman–Crippen MR) is 82.1 cm³/mol. The summed E-state index contributed by atoms with van der Waals surface area (Å²) in [5, 5.41) is 0. The van der Waals surface area contributed by atoms with Gasteiger partial charge in [0.25, 0.3) is 0 Å². The first-order valence-electron chi connectivity index (χ1n) is 7.71. The number of rotatable bonds is 5. The van der Waals surface area contributed by atoms with Gasteiger partial charge in [0, 0.05) is 25.7 Å². The van der Waals surface area contributed by atoms with E-state index in [2.05, 4.69) is 43.0 Å². The molecule has 0 bridgehead atoms. The minimum Gasteiger partial charge on any atom is -0.327 e. The normalized spacial score (nSPS) is 24.6. The smallest absolute Gasteiger partial charge is 0.0234 e. The molecule has 1 aromatic carbocycles. The van der Waals surface area contributed by atoms with E-state index in [1.54, 1.807) is 0 Å². The summed E-state index contributed by atoms with van der Waals surface area (Å²) in [6, 6.07) is 9.26. The number of hydrogen-bond acceptors (Lipinski definition) is 2. The van der Waals surface area contributed by atoms with Gasteiger partial charge in [0.1, 0.15) is 0 Å². The van der Waals surface area contributed by atoms with Crippen molar-refractivity contribution >= 4 is 0 Å². The molecular formula is C17H28N2. The fourth-order valence-electron chi connectivity index (χ4n) is 3.13. The van der Waals surface area contributed by atoms with Crippen LogP contribution in [-0.2, 0) is 6.54 Å². The maximum atomic E-state index is 6.22. The Morgan fingerprint density at radius 1 is 1.21 bits per heavy atom. The van der Waals surface area contributed by atoms with E-state index in [-0.39, 0.29) is 0 Å². The molecule has 2 rings (SSSR count). The molecule has 1 aromatic rings. The predicted octanol–water partition coefficient (Wildman–Crippen LogP) is 3.33. The van der Waals surface area contributed by atoms with Crippen molar-refractivity contribution in [3.05, 3.63) is 35.4 Å². The third-order valence-corrected chi connectivity index (χ3v) is 4.14. The molecule has 19 heavy (non-hydrogen) atoms. The lowest BCUT2D eigenvalue weighted by atomic mass is 9.90. The number of piperidine rings is 1. The van der Waals surface area contributed by atoms with Crippen LogP contribution in [0.1, 0.15) is 43.7 Å². The van der Waals surface area contributed by atoms with Crippen LogP contribution < -0.4 is 5.73 Å². The topological polar surface area (TPSA) is 29.3 Å². The molecule has 0 amide bonds. The molecule has 0 spiro atoms. The molecule has 1 fully saturated rings. The lowest BCUT2D eigenvalue weighted by Crippen LogP contribution is -2.46. The molecule has 2 atom stereocenters. The van der Waals surface area contributed by atoms with Crippen molar-refractivity contribution in [2.75, 3.05) is 13.1 Å². The van der Waals surface area contributed by atoms with Crippen molar-refractivity contribution in [2.45, 2.75) is 52.1 Å². The zero-order chi connectivity index (χ0) is 13.7. The molecule has 1 saturated heterocycles. The Balaban J connectivity index is 1.90. The van der Waals surface area contributed by atoms with Crippen molar-refractivity contribution in [3.8, 4) is 0 Å². The van der Waals surface area contributed by atoms with Crippen LogP contribution in [0.15, 0.2) is 24.3 Å². The highest BCUT2D eigenvalue weighted by Gasteiger charge is 2.24. The zero-order valence-corrected chi connectivity index (χ0v) is 12.4.